The Bertz CT molecular complexity index is 1060. The number of rotatable bonds is 11. The van der Waals surface area contributed by atoms with Gasteiger partial charge in [-0.3, -0.25) is 0 Å². The van der Waals surface area contributed by atoms with Gasteiger partial charge in [0.25, 0.3) is 0 Å². The molecular weight excluding hydrogens is 637 g/mol. The molecule has 0 amide bonds. The number of aliphatic hydroxyl groups is 1. The zero-order valence-electron chi connectivity index (χ0n) is 19.7. The SMILES string of the molecule is CCOC(=O)/C(C#N)=C/c1[nH]c(Cc2[nH]c(C(=O)O)c(C)c2CCCO)c(CC)c1CC.[Ac]. The number of nitriles is 1. The molecule has 0 aliphatic rings. The minimum absolute atomic E-state index is 0. The Morgan fingerprint density at radius 3 is 2.24 bits per heavy atom. The number of hydrogen-bond donors (Lipinski definition) is 4. The zero-order chi connectivity index (χ0) is 23.8. The van der Waals surface area contributed by atoms with E-state index in [1.807, 2.05) is 19.9 Å². The molecule has 9 heteroatoms. The summed E-state index contributed by atoms with van der Waals surface area (Å²) < 4.78 is 4.97. The van der Waals surface area contributed by atoms with Crippen LogP contribution in [0.1, 0.15) is 77.0 Å². The number of esters is 1. The van der Waals surface area contributed by atoms with Crippen LogP contribution in [0, 0.1) is 62.3 Å². The minimum Gasteiger partial charge on any atom is -0.477 e. The predicted octanol–water partition coefficient (Wildman–Crippen LogP) is 3.46. The van der Waals surface area contributed by atoms with E-state index in [-0.39, 0.29) is 68.5 Å². The molecule has 0 aliphatic heterocycles. The summed E-state index contributed by atoms with van der Waals surface area (Å²) >= 11 is 0. The maximum Gasteiger partial charge on any atom is 0.352 e. The summed E-state index contributed by atoms with van der Waals surface area (Å²) in [5.74, 6) is -1.68. The maximum absolute atomic E-state index is 12.1. The standard InChI is InChI=1S/C24H31N3O5.Ac/c1-5-16-17(6-2)20(26-19(16)11-15(13-25)24(31)32-7-3)12-21-18(9-8-10-28)14(4)22(27-21)23(29)30;/h11,26-28H,5-10,12H2,1-4H3,(H,29,30);/b15-11+;. The number of H-pyrrole nitrogens is 2. The van der Waals surface area contributed by atoms with Crippen molar-refractivity contribution in [3.63, 3.8) is 0 Å². The first kappa shape index (κ1) is 29.2. The van der Waals surface area contributed by atoms with Gasteiger partial charge in [-0.05, 0) is 67.9 Å². The molecule has 0 atom stereocenters. The van der Waals surface area contributed by atoms with Crippen molar-refractivity contribution in [1.82, 2.24) is 9.97 Å². The molecule has 0 unspecified atom stereocenters. The number of aromatic nitrogens is 2. The average Bonchev–Trinajstić information content (AvgIpc) is 3.26. The third-order valence-corrected chi connectivity index (χ3v) is 5.57. The molecule has 0 aliphatic carbocycles. The first-order chi connectivity index (χ1) is 15.3. The number of ether oxygens (including phenoxy) is 1. The quantitative estimate of drug-likeness (QED) is 0.165. The van der Waals surface area contributed by atoms with Crippen molar-refractivity contribution in [3.05, 3.63) is 50.6 Å². The predicted molar refractivity (Wildman–Crippen MR) is 120 cm³/mol. The van der Waals surface area contributed by atoms with Gasteiger partial charge < -0.3 is 24.9 Å². The van der Waals surface area contributed by atoms with E-state index in [1.54, 1.807) is 13.8 Å². The van der Waals surface area contributed by atoms with E-state index >= 15 is 0 Å². The van der Waals surface area contributed by atoms with Crippen LogP contribution >= 0.6 is 0 Å². The number of nitrogens with zero attached hydrogens (tertiary/aromatic N) is 1. The Labute approximate surface area is 230 Å². The molecule has 8 nitrogen and oxygen atoms in total. The van der Waals surface area contributed by atoms with Crippen LogP contribution in [0.3, 0.4) is 0 Å². The Hall–Kier alpha value is -1.87. The molecule has 0 bridgehead atoms. The third kappa shape index (κ3) is 6.82. The van der Waals surface area contributed by atoms with Crippen LogP contribution in [0.2, 0.25) is 0 Å². The van der Waals surface area contributed by atoms with Crippen molar-refractivity contribution in [3.8, 4) is 6.07 Å². The number of nitrogens with one attached hydrogen (secondary N) is 2. The van der Waals surface area contributed by atoms with Gasteiger partial charge in [0.2, 0.25) is 0 Å². The smallest absolute Gasteiger partial charge is 0.352 e. The molecule has 33 heavy (non-hydrogen) atoms. The molecule has 2 aromatic rings. The van der Waals surface area contributed by atoms with Gasteiger partial charge in [0.05, 0.1) is 6.61 Å². The number of carbonyl (C=O) groups is 2. The summed E-state index contributed by atoms with van der Waals surface area (Å²) in [7, 11) is 0. The largest absolute Gasteiger partial charge is 0.477 e. The van der Waals surface area contributed by atoms with Crippen LogP contribution < -0.4 is 0 Å². The van der Waals surface area contributed by atoms with Gasteiger partial charge in [0.1, 0.15) is 17.3 Å². The first-order valence-corrected chi connectivity index (χ1v) is 10.9. The van der Waals surface area contributed by atoms with Crippen LogP contribution in [0.5, 0.6) is 0 Å². The van der Waals surface area contributed by atoms with E-state index in [2.05, 4.69) is 9.97 Å². The van der Waals surface area contributed by atoms with E-state index in [9.17, 15) is 25.1 Å². The second kappa shape index (κ2) is 13.7. The molecule has 1 radical (unpaired) electrons. The average molecular weight is 669 g/mol. The number of carboxylic acids is 1. The summed E-state index contributed by atoms with van der Waals surface area (Å²) in [5, 5.41) is 28.2. The number of carbonyl (C=O) groups excluding carboxylic acids is 1. The maximum atomic E-state index is 12.1. The summed E-state index contributed by atoms with van der Waals surface area (Å²) in [4.78, 5) is 30.1. The number of carboxylic acid groups (broad SMARTS) is 1. The number of aromatic amines is 2. The van der Waals surface area contributed by atoms with Gasteiger partial charge in [0.15, 0.2) is 0 Å². The van der Waals surface area contributed by atoms with Crippen molar-refractivity contribution in [2.24, 2.45) is 0 Å². The molecule has 0 saturated heterocycles. The number of aliphatic hydroxyl groups excluding tert-OH is 1. The summed E-state index contributed by atoms with van der Waals surface area (Å²) in [6.45, 7) is 7.71. The monoisotopic (exact) mass is 668 g/mol. The van der Waals surface area contributed by atoms with E-state index < -0.39 is 11.9 Å². The fourth-order valence-electron chi connectivity index (χ4n) is 4.09. The van der Waals surface area contributed by atoms with Gasteiger partial charge in [-0.1, -0.05) is 13.8 Å². The molecule has 0 saturated carbocycles. The molecule has 0 spiro atoms. The fraction of sp³-hybridized carbons (Fsp3) is 0.458. The normalized spacial score (nSPS) is 11.1. The Morgan fingerprint density at radius 1 is 1.09 bits per heavy atom. The van der Waals surface area contributed by atoms with E-state index in [0.29, 0.717) is 36.9 Å². The van der Waals surface area contributed by atoms with Gasteiger partial charge in [0, 0.05) is 74.2 Å². The molecule has 0 aromatic carbocycles. The molecule has 175 valence electrons. The topological polar surface area (TPSA) is 139 Å². The van der Waals surface area contributed by atoms with Crippen LogP contribution in [0.25, 0.3) is 6.08 Å². The number of aromatic carboxylic acids is 1. The fourth-order valence-corrected chi connectivity index (χ4v) is 4.09. The molecule has 2 heterocycles. The van der Waals surface area contributed by atoms with Gasteiger partial charge in [-0.2, -0.15) is 5.26 Å². The van der Waals surface area contributed by atoms with Crippen LogP contribution in [-0.4, -0.2) is 45.3 Å². The van der Waals surface area contributed by atoms with Crippen molar-refractivity contribution in [2.75, 3.05) is 13.2 Å². The molecule has 2 aromatic heterocycles. The van der Waals surface area contributed by atoms with Crippen molar-refractivity contribution in [1.29, 1.82) is 5.26 Å². The summed E-state index contributed by atoms with van der Waals surface area (Å²) in [6.07, 6.45) is 4.51. The molecule has 2 rings (SSSR count). The Morgan fingerprint density at radius 2 is 1.73 bits per heavy atom. The second-order valence-electron chi connectivity index (χ2n) is 7.46. The Kier molecular flexibility index (Phi) is 12.1. The van der Waals surface area contributed by atoms with E-state index in [4.69, 9.17) is 4.74 Å². The number of hydrogen-bond acceptors (Lipinski definition) is 5. The first-order valence-electron chi connectivity index (χ1n) is 10.9. The molecule has 4 N–H and O–H groups in total. The van der Waals surface area contributed by atoms with E-state index in [1.165, 1.54) is 6.08 Å². The molecular formula is C24H31AcN3O5. The Balaban J connectivity index is 0.00000544. The van der Waals surface area contributed by atoms with Crippen LogP contribution in [0.15, 0.2) is 5.57 Å². The minimum atomic E-state index is -1.02. The van der Waals surface area contributed by atoms with Gasteiger partial charge in [-0.15, -0.1) is 0 Å². The second-order valence-corrected chi connectivity index (χ2v) is 7.46. The molecule has 0 fully saturated rings. The van der Waals surface area contributed by atoms with Gasteiger partial charge in [-0.25, -0.2) is 9.59 Å². The van der Waals surface area contributed by atoms with Crippen molar-refractivity contribution >= 4 is 18.0 Å². The third-order valence-electron chi connectivity index (χ3n) is 5.57. The van der Waals surface area contributed by atoms with E-state index in [0.717, 1.165) is 34.5 Å². The van der Waals surface area contributed by atoms with Crippen LogP contribution in [0.4, 0.5) is 0 Å². The van der Waals surface area contributed by atoms with Crippen LogP contribution in [-0.2, 0) is 35.2 Å². The van der Waals surface area contributed by atoms with Crippen molar-refractivity contribution < 1.29 is 68.6 Å². The van der Waals surface area contributed by atoms with Gasteiger partial charge >= 0.3 is 11.9 Å². The summed E-state index contributed by atoms with van der Waals surface area (Å²) in [5.41, 5.74) is 6.11. The van der Waals surface area contributed by atoms with Crippen molar-refractivity contribution in [2.45, 2.75) is 59.8 Å². The zero-order valence-corrected chi connectivity index (χ0v) is 24.4. The summed E-state index contributed by atoms with van der Waals surface area (Å²) in [6, 6.07) is 1.91.